The van der Waals surface area contributed by atoms with Gasteiger partial charge in [0.15, 0.2) is 0 Å². The van der Waals surface area contributed by atoms with Gasteiger partial charge in [0.2, 0.25) is 5.91 Å². The highest BCUT2D eigenvalue weighted by atomic mass is 19.1. The van der Waals surface area contributed by atoms with Crippen molar-refractivity contribution in [3.8, 4) is 0 Å². The fourth-order valence-corrected chi connectivity index (χ4v) is 3.75. The van der Waals surface area contributed by atoms with Crippen LogP contribution in [-0.4, -0.2) is 50.2 Å². The summed E-state index contributed by atoms with van der Waals surface area (Å²) >= 11 is 0. The van der Waals surface area contributed by atoms with E-state index in [2.05, 4.69) is 34.2 Å². The number of rotatable bonds is 4. The number of nitrogens with one attached hydrogen (secondary N) is 1. The normalized spacial score (nSPS) is 21.9. The second kappa shape index (κ2) is 7.12. The first-order chi connectivity index (χ1) is 13.0. The van der Waals surface area contributed by atoms with Crippen LogP contribution in [0.1, 0.15) is 17.9 Å². The molecule has 4 rings (SSSR count). The van der Waals surface area contributed by atoms with Crippen LogP contribution in [-0.2, 0) is 4.79 Å². The highest BCUT2D eigenvalue weighted by molar-refractivity contribution is 6.12. The van der Waals surface area contributed by atoms with E-state index in [1.165, 1.54) is 18.0 Å². The minimum absolute atomic E-state index is 0.248. The molecule has 2 aliphatic rings. The summed E-state index contributed by atoms with van der Waals surface area (Å²) in [6, 6.07) is 13.2. The van der Waals surface area contributed by atoms with Gasteiger partial charge >= 0.3 is 0 Å². The van der Waals surface area contributed by atoms with Crippen molar-refractivity contribution in [2.24, 2.45) is 4.99 Å². The van der Waals surface area contributed by atoms with E-state index in [1.54, 1.807) is 12.1 Å². The fraction of sp³-hybridized carbons (Fsp3) is 0.333. The summed E-state index contributed by atoms with van der Waals surface area (Å²) in [4.78, 5) is 21.2. The second-order valence-electron chi connectivity index (χ2n) is 7.31. The van der Waals surface area contributed by atoms with Crippen molar-refractivity contribution in [3.63, 3.8) is 0 Å². The van der Waals surface area contributed by atoms with Gasteiger partial charge < -0.3 is 15.1 Å². The second-order valence-corrected chi connectivity index (χ2v) is 7.31. The first-order valence-electron chi connectivity index (χ1n) is 9.18. The Balaban J connectivity index is 1.48. The summed E-state index contributed by atoms with van der Waals surface area (Å²) in [5.41, 5.74) is 2.82. The summed E-state index contributed by atoms with van der Waals surface area (Å²) < 4.78 is 14.1. The Kier molecular flexibility index (Phi) is 4.66. The fourth-order valence-electron chi connectivity index (χ4n) is 3.75. The van der Waals surface area contributed by atoms with E-state index in [0.29, 0.717) is 17.3 Å². The van der Waals surface area contributed by atoms with Gasteiger partial charge in [0, 0.05) is 42.3 Å². The molecule has 6 heteroatoms. The van der Waals surface area contributed by atoms with Crippen LogP contribution in [0.5, 0.6) is 0 Å². The smallest absolute Gasteiger partial charge is 0.237 e. The molecular formula is C21H23FN4O. The Bertz CT molecular complexity index is 878. The van der Waals surface area contributed by atoms with Crippen molar-refractivity contribution in [2.75, 3.05) is 37.4 Å². The number of fused-ring (bicyclic) bond motifs is 1. The van der Waals surface area contributed by atoms with Gasteiger partial charge in [-0.2, -0.15) is 0 Å². The maximum Gasteiger partial charge on any atom is 0.237 e. The zero-order valence-corrected chi connectivity index (χ0v) is 15.5. The first kappa shape index (κ1) is 17.7. The van der Waals surface area contributed by atoms with Gasteiger partial charge in [-0.15, -0.1) is 0 Å². The number of nitrogens with zero attached hydrogens (tertiary/aromatic N) is 3. The predicted molar refractivity (Wildman–Crippen MR) is 107 cm³/mol. The number of halogens is 1. The molecule has 0 spiro atoms. The van der Waals surface area contributed by atoms with Gasteiger partial charge in [-0.3, -0.25) is 9.79 Å². The number of likely N-dealkylation sites (N-methyl/N-ethyl adjacent to an activating group) is 1. The summed E-state index contributed by atoms with van der Waals surface area (Å²) in [6.07, 6.45) is 2.69. The Morgan fingerprint density at radius 2 is 2.00 bits per heavy atom. The Hall–Kier alpha value is -2.73. The number of aliphatic imine (C=N–C) groups is 1. The molecule has 2 aromatic carbocycles. The third-order valence-corrected chi connectivity index (χ3v) is 5.39. The lowest BCUT2D eigenvalue weighted by molar-refractivity contribution is -0.115. The largest absolute Gasteiger partial charge is 0.370 e. The predicted octanol–water partition coefficient (Wildman–Crippen LogP) is 3.40. The molecule has 0 aliphatic carbocycles. The lowest BCUT2D eigenvalue weighted by Gasteiger charge is -2.21. The molecular weight excluding hydrogens is 343 g/mol. The minimum atomic E-state index is -0.694. The quantitative estimate of drug-likeness (QED) is 0.844. The topological polar surface area (TPSA) is 47.9 Å². The Labute approximate surface area is 158 Å². The molecule has 2 aromatic rings. The van der Waals surface area contributed by atoms with E-state index in [4.69, 9.17) is 0 Å². The summed E-state index contributed by atoms with van der Waals surface area (Å²) in [6.45, 7) is 2.07. The molecule has 0 radical (unpaired) electrons. The number of anilines is 2. The first-order valence-corrected chi connectivity index (χ1v) is 9.18. The monoisotopic (exact) mass is 366 g/mol. The minimum Gasteiger partial charge on any atom is -0.370 e. The van der Waals surface area contributed by atoms with Crippen molar-refractivity contribution in [2.45, 2.75) is 18.4 Å². The van der Waals surface area contributed by atoms with Gasteiger partial charge in [-0.05, 0) is 56.9 Å². The summed E-state index contributed by atoms with van der Waals surface area (Å²) in [5.74, 6) is -1.33. The average molecular weight is 366 g/mol. The molecule has 1 fully saturated rings. The molecule has 2 aliphatic heterocycles. The van der Waals surface area contributed by atoms with Crippen molar-refractivity contribution in [1.82, 2.24) is 4.90 Å². The zero-order valence-electron chi connectivity index (χ0n) is 15.5. The zero-order chi connectivity index (χ0) is 19.0. The molecule has 5 nitrogen and oxygen atoms in total. The van der Waals surface area contributed by atoms with Crippen molar-refractivity contribution < 1.29 is 9.18 Å². The molecule has 1 N–H and O–H groups in total. The van der Waals surface area contributed by atoms with Crippen molar-refractivity contribution in [3.05, 3.63) is 53.8 Å². The van der Waals surface area contributed by atoms with Gasteiger partial charge in [-0.1, -0.05) is 6.07 Å². The number of hydrogen-bond donors (Lipinski definition) is 1. The van der Waals surface area contributed by atoms with Crippen LogP contribution < -0.4 is 10.2 Å². The van der Waals surface area contributed by atoms with Crippen LogP contribution in [0.4, 0.5) is 21.5 Å². The molecule has 2 atom stereocenters. The third kappa shape index (κ3) is 3.45. The van der Waals surface area contributed by atoms with Gasteiger partial charge in [0.1, 0.15) is 11.7 Å². The number of carbonyl (C=O) groups excluding carboxylic acids is 1. The van der Waals surface area contributed by atoms with Crippen LogP contribution in [0.3, 0.4) is 0 Å². The SMILES string of the molecule is CN(C)C1CCN(c2ccc(N=CC3C(=O)Nc4cccc(F)c43)cc2)C1. The molecule has 140 valence electrons. The Morgan fingerprint density at radius 1 is 1.22 bits per heavy atom. The van der Waals surface area contributed by atoms with E-state index in [0.717, 1.165) is 25.2 Å². The molecule has 1 saturated heterocycles. The molecule has 0 aromatic heterocycles. The van der Waals surface area contributed by atoms with Crippen LogP contribution in [0.2, 0.25) is 0 Å². The van der Waals surface area contributed by atoms with E-state index < -0.39 is 5.92 Å². The van der Waals surface area contributed by atoms with Gasteiger partial charge in [0.25, 0.3) is 0 Å². The lowest BCUT2D eigenvalue weighted by Crippen LogP contribution is -2.31. The van der Waals surface area contributed by atoms with Crippen LogP contribution in [0.15, 0.2) is 47.5 Å². The van der Waals surface area contributed by atoms with Gasteiger partial charge in [0.05, 0.1) is 5.69 Å². The summed E-state index contributed by atoms with van der Waals surface area (Å²) in [5, 5.41) is 2.70. The van der Waals surface area contributed by atoms with E-state index in [1.807, 2.05) is 24.3 Å². The standard InChI is InChI=1S/C21H23FN4O/c1-25(2)16-10-11-26(13-16)15-8-6-14(7-9-15)23-12-17-20-18(22)4-3-5-19(20)24-21(17)27/h3-9,12,16-17H,10-11,13H2,1-2H3,(H,24,27). The maximum absolute atomic E-state index is 14.1. The highest BCUT2D eigenvalue weighted by Gasteiger charge is 2.31. The van der Waals surface area contributed by atoms with Crippen LogP contribution in [0.25, 0.3) is 0 Å². The molecule has 1 amide bonds. The highest BCUT2D eigenvalue weighted by Crippen LogP contribution is 2.34. The average Bonchev–Trinajstić information content (AvgIpc) is 3.26. The van der Waals surface area contributed by atoms with E-state index in [9.17, 15) is 9.18 Å². The number of benzene rings is 2. The number of carbonyl (C=O) groups is 1. The van der Waals surface area contributed by atoms with E-state index >= 15 is 0 Å². The molecule has 27 heavy (non-hydrogen) atoms. The molecule has 2 unspecified atom stereocenters. The summed E-state index contributed by atoms with van der Waals surface area (Å²) in [7, 11) is 4.23. The number of amides is 1. The molecule has 0 saturated carbocycles. The van der Waals surface area contributed by atoms with Crippen molar-refractivity contribution >= 4 is 29.2 Å². The van der Waals surface area contributed by atoms with Gasteiger partial charge in [-0.25, -0.2) is 4.39 Å². The number of hydrogen-bond acceptors (Lipinski definition) is 4. The van der Waals surface area contributed by atoms with Crippen LogP contribution >= 0.6 is 0 Å². The molecule has 2 heterocycles. The van der Waals surface area contributed by atoms with Crippen molar-refractivity contribution in [1.29, 1.82) is 0 Å². The molecule has 0 bridgehead atoms. The third-order valence-electron chi connectivity index (χ3n) is 5.39. The lowest BCUT2D eigenvalue weighted by atomic mass is 10.0. The van der Waals surface area contributed by atoms with Crippen LogP contribution in [0, 0.1) is 5.82 Å². The van der Waals surface area contributed by atoms with E-state index in [-0.39, 0.29) is 11.7 Å². The Morgan fingerprint density at radius 3 is 2.70 bits per heavy atom. The maximum atomic E-state index is 14.1.